The van der Waals surface area contributed by atoms with Crippen LogP contribution >= 0.6 is 0 Å². The minimum atomic E-state index is -4.47. The Kier molecular flexibility index (Phi) is 4.11. The molecule has 1 heterocycles. The van der Waals surface area contributed by atoms with Crippen molar-refractivity contribution in [1.82, 2.24) is 10.3 Å². The van der Waals surface area contributed by atoms with Gasteiger partial charge in [-0.3, -0.25) is 9.78 Å². The van der Waals surface area contributed by atoms with Crippen LogP contribution in [0.2, 0.25) is 0 Å². The first-order chi connectivity index (χ1) is 9.86. The largest absolute Gasteiger partial charge is 0.417 e. The molecule has 0 unspecified atom stereocenters. The van der Waals surface area contributed by atoms with E-state index in [4.69, 9.17) is 5.73 Å². The van der Waals surface area contributed by atoms with Crippen LogP contribution in [0.4, 0.5) is 18.9 Å². The monoisotopic (exact) mass is 295 g/mol. The first-order valence-corrected chi connectivity index (χ1v) is 6.02. The third kappa shape index (κ3) is 3.95. The van der Waals surface area contributed by atoms with Gasteiger partial charge in [-0.25, -0.2) is 0 Å². The van der Waals surface area contributed by atoms with Crippen LogP contribution in [-0.2, 0) is 12.7 Å². The molecular weight excluding hydrogens is 283 g/mol. The number of alkyl halides is 3. The predicted molar refractivity (Wildman–Crippen MR) is 71.3 cm³/mol. The Labute approximate surface area is 118 Å². The van der Waals surface area contributed by atoms with E-state index < -0.39 is 17.6 Å². The summed E-state index contributed by atoms with van der Waals surface area (Å²) >= 11 is 0. The van der Waals surface area contributed by atoms with E-state index in [9.17, 15) is 18.0 Å². The number of hydrogen-bond acceptors (Lipinski definition) is 3. The molecule has 1 amide bonds. The van der Waals surface area contributed by atoms with E-state index in [1.807, 2.05) is 0 Å². The molecule has 0 spiro atoms. The lowest BCUT2D eigenvalue weighted by Crippen LogP contribution is -2.24. The molecule has 2 rings (SSSR count). The summed E-state index contributed by atoms with van der Waals surface area (Å²) in [6.45, 7) is 0.238. The minimum absolute atomic E-state index is 0.0709. The number of nitrogens with zero attached hydrogens (tertiary/aromatic N) is 1. The van der Waals surface area contributed by atoms with Gasteiger partial charge < -0.3 is 11.1 Å². The highest BCUT2D eigenvalue weighted by Crippen LogP contribution is 2.28. The van der Waals surface area contributed by atoms with E-state index in [0.717, 1.165) is 17.7 Å². The number of benzene rings is 1. The Morgan fingerprint density at radius 3 is 2.33 bits per heavy atom. The van der Waals surface area contributed by atoms with Gasteiger partial charge in [0.05, 0.1) is 5.56 Å². The molecule has 0 aliphatic rings. The molecule has 0 saturated carbocycles. The van der Waals surface area contributed by atoms with Crippen LogP contribution in [-0.4, -0.2) is 10.9 Å². The zero-order valence-electron chi connectivity index (χ0n) is 10.8. The maximum absolute atomic E-state index is 12.4. The lowest BCUT2D eigenvalue weighted by atomic mass is 10.2. The van der Waals surface area contributed by atoms with Crippen molar-refractivity contribution < 1.29 is 18.0 Å². The first kappa shape index (κ1) is 14.8. The highest BCUT2D eigenvalue weighted by Gasteiger charge is 2.30. The predicted octanol–water partition coefficient (Wildman–Crippen LogP) is 2.61. The fourth-order valence-electron chi connectivity index (χ4n) is 1.60. The van der Waals surface area contributed by atoms with Crippen LogP contribution in [0, 0.1) is 0 Å². The fraction of sp³-hybridized carbons (Fsp3) is 0.143. The number of rotatable bonds is 3. The Hall–Kier alpha value is -2.57. The molecule has 1 aromatic heterocycles. The Balaban J connectivity index is 1.99. The molecule has 2 aromatic rings. The van der Waals surface area contributed by atoms with Crippen LogP contribution in [0.5, 0.6) is 0 Å². The highest BCUT2D eigenvalue weighted by molar-refractivity contribution is 5.92. The van der Waals surface area contributed by atoms with E-state index in [1.165, 1.54) is 0 Å². The quantitative estimate of drug-likeness (QED) is 0.855. The molecule has 110 valence electrons. The average Bonchev–Trinajstić information content (AvgIpc) is 2.45. The van der Waals surface area contributed by atoms with Gasteiger partial charge in [0.15, 0.2) is 0 Å². The van der Waals surface area contributed by atoms with Gasteiger partial charge in [0.1, 0.15) is 5.69 Å². The summed E-state index contributed by atoms with van der Waals surface area (Å²) in [5, 5.41) is 2.57. The first-order valence-electron chi connectivity index (χ1n) is 6.02. The van der Waals surface area contributed by atoms with Crippen molar-refractivity contribution in [2.45, 2.75) is 12.7 Å². The molecule has 0 aliphatic heterocycles. The summed E-state index contributed by atoms with van der Waals surface area (Å²) in [7, 11) is 0. The summed E-state index contributed by atoms with van der Waals surface area (Å²) in [4.78, 5) is 15.3. The van der Waals surface area contributed by atoms with Gasteiger partial charge in [0.2, 0.25) is 0 Å². The summed E-state index contributed by atoms with van der Waals surface area (Å²) in [5.74, 6) is -0.541. The number of carbonyl (C=O) groups excluding carboxylic acids is 1. The number of halogens is 3. The lowest BCUT2D eigenvalue weighted by molar-refractivity contribution is -0.137. The Morgan fingerprint density at radius 1 is 1.14 bits per heavy atom. The number of hydrogen-bond donors (Lipinski definition) is 2. The van der Waals surface area contributed by atoms with Crippen molar-refractivity contribution >= 4 is 11.6 Å². The van der Waals surface area contributed by atoms with Gasteiger partial charge in [0, 0.05) is 18.4 Å². The van der Waals surface area contributed by atoms with Crippen molar-refractivity contribution in [1.29, 1.82) is 0 Å². The molecule has 4 nitrogen and oxygen atoms in total. The van der Waals surface area contributed by atoms with Crippen molar-refractivity contribution in [2.24, 2.45) is 0 Å². The van der Waals surface area contributed by atoms with E-state index in [-0.39, 0.29) is 12.2 Å². The fourth-order valence-corrected chi connectivity index (χ4v) is 1.60. The third-order valence-corrected chi connectivity index (χ3v) is 2.76. The van der Waals surface area contributed by atoms with Crippen molar-refractivity contribution in [3.63, 3.8) is 0 Å². The van der Waals surface area contributed by atoms with Gasteiger partial charge in [-0.1, -0.05) is 12.1 Å². The number of aromatic nitrogens is 1. The third-order valence-electron chi connectivity index (χ3n) is 2.76. The molecule has 0 bridgehead atoms. The average molecular weight is 295 g/mol. The highest BCUT2D eigenvalue weighted by atomic mass is 19.4. The standard InChI is InChI=1S/C14H12F3N3O/c15-14(16,17)10-3-6-12(19-8-10)13(21)20-7-9-1-4-11(18)5-2-9/h1-6,8H,7,18H2,(H,20,21). The van der Waals surface area contributed by atoms with Crippen molar-refractivity contribution in [3.8, 4) is 0 Å². The second kappa shape index (κ2) is 5.82. The van der Waals surface area contributed by atoms with Crippen molar-refractivity contribution in [2.75, 3.05) is 5.73 Å². The SMILES string of the molecule is Nc1ccc(CNC(=O)c2ccc(C(F)(F)F)cn2)cc1. The maximum Gasteiger partial charge on any atom is 0.417 e. The molecule has 1 aromatic carbocycles. The number of nitrogens with one attached hydrogen (secondary N) is 1. The van der Waals surface area contributed by atoms with Gasteiger partial charge >= 0.3 is 6.18 Å². The van der Waals surface area contributed by atoms with Crippen LogP contribution in [0.1, 0.15) is 21.6 Å². The number of carbonyl (C=O) groups is 1. The van der Waals surface area contributed by atoms with E-state index >= 15 is 0 Å². The van der Waals surface area contributed by atoms with Crippen LogP contribution in [0.3, 0.4) is 0 Å². The maximum atomic E-state index is 12.4. The number of anilines is 1. The van der Waals surface area contributed by atoms with Crippen molar-refractivity contribution in [3.05, 3.63) is 59.4 Å². The molecule has 7 heteroatoms. The summed E-state index contributed by atoms with van der Waals surface area (Å²) in [5.41, 5.74) is 6.00. The summed E-state index contributed by atoms with van der Waals surface area (Å²) in [6, 6.07) is 8.74. The normalized spacial score (nSPS) is 11.2. The zero-order chi connectivity index (χ0) is 15.5. The molecular formula is C14H12F3N3O. The number of nitrogen functional groups attached to an aromatic ring is 1. The topological polar surface area (TPSA) is 68.0 Å². The van der Waals surface area contributed by atoms with E-state index in [2.05, 4.69) is 10.3 Å². The Morgan fingerprint density at radius 2 is 1.81 bits per heavy atom. The van der Waals surface area contributed by atoms with E-state index in [0.29, 0.717) is 11.9 Å². The van der Waals surface area contributed by atoms with Gasteiger partial charge in [-0.05, 0) is 29.8 Å². The molecule has 0 radical (unpaired) electrons. The van der Waals surface area contributed by atoms with Gasteiger partial charge in [-0.2, -0.15) is 13.2 Å². The molecule has 0 aliphatic carbocycles. The molecule has 0 fully saturated rings. The van der Waals surface area contributed by atoms with E-state index in [1.54, 1.807) is 24.3 Å². The van der Waals surface area contributed by atoms with Crippen LogP contribution in [0.25, 0.3) is 0 Å². The number of pyridine rings is 1. The Bertz CT molecular complexity index is 621. The molecule has 0 saturated heterocycles. The zero-order valence-corrected chi connectivity index (χ0v) is 10.8. The van der Waals surface area contributed by atoms with Crippen LogP contribution < -0.4 is 11.1 Å². The molecule has 21 heavy (non-hydrogen) atoms. The second-order valence-corrected chi connectivity index (χ2v) is 4.35. The number of nitrogens with two attached hydrogens (primary N) is 1. The summed E-state index contributed by atoms with van der Waals surface area (Å²) < 4.78 is 37.1. The molecule has 0 atom stereocenters. The molecule has 3 N–H and O–H groups in total. The summed E-state index contributed by atoms with van der Waals surface area (Å²) in [6.07, 6.45) is -3.83. The van der Waals surface area contributed by atoms with Gasteiger partial charge in [0.25, 0.3) is 5.91 Å². The smallest absolute Gasteiger partial charge is 0.399 e. The minimum Gasteiger partial charge on any atom is -0.399 e. The lowest BCUT2D eigenvalue weighted by Gasteiger charge is -2.08. The van der Waals surface area contributed by atoms with Crippen LogP contribution in [0.15, 0.2) is 42.6 Å². The van der Waals surface area contributed by atoms with Gasteiger partial charge in [-0.15, -0.1) is 0 Å². The second-order valence-electron chi connectivity index (χ2n) is 4.35. The number of amides is 1.